The first kappa shape index (κ1) is 21.3. The van der Waals surface area contributed by atoms with Crippen LogP contribution in [-0.4, -0.2) is 40.5 Å². The van der Waals surface area contributed by atoms with E-state index in [4.69, 9.17) is 9.47 Å². The lowest BCUT2D eigenvalue weighted by Gasteiger charge is -2.10. The van der Waals surface area contributed by atoms with E-state index in [2.05, 4.69) is 4.98 Å². The number of nitrogens with zero attached hydrogens (tertiary/aromatic N) is 3. The normalized spacial score (nSPS) is 11.5. The fourth-order valence-corrected chi connectivity index (χ4v) is 3.50. The van der Waals surface area contributed by atoms with Gasteiger partial charge in [-0.05, 0) is 33.8 Å². The first-order chi connectivity index (χ1) is 13.3. The molecule has 0 unspecified atom stereocenters. The zero-order chi connectivity index (χ0) is 20.8. The molecule has 0 aromatic carbocycles. The second kappa shape index (κ2) is 9.28. The third-order valence-corrected chi connectivity index (χ3v) is 5.09. The van der Waals surface area contributed by atoms with Gasteiger partial charge in [-0.15, -0.1) is 11.3 Å². The summed E-state index contributed by atoms with van der Waals surface area (Å²) in [6.45, 7) is 6.53. The highest BCUT2D eigenvalue weighted by Gasteiger charge is 2.25. The summed E-state index contributed by atoms with van der Waals surface area (Å²) < 4.78 is 11.7. The molecular formula is C19H21N3O5S. The molecule has 9 heteroatoms. The number of hydrogen-bond acceptors (Lipinski definition) is 8. The van der Waals surface area contributed by atoms with E-state index in [0.29, 0.717) is 22.0 Å². The Morgan fingerprint density at radius 1 is 1.29 bits per heavy atom. The van der Waals surface area contributed by atoms with E-state index in [0.717, 1.165) is 5.69 Å². The van der Waals surface area contributed by atoms with Crippen LogP contribution >= 0.6 is 11.3 Å². The predicted octanol–water partition coefficient (Wildman–Crippen LogP) is 2.47. The van der Waals surface area contributed by atoms with Gasteiger partial charge in [-0.25, -0.2) is 9.78 Å². The Labute approximate surface area is 166 Å². The largest absolute Gasteiger partial charge is 0.462 e. The standard InChI is InChI=1S/C19H21N3O5S/c1-5-26-19(25)14-6-12(3)22(13(14)4)8-17(24)27-9-16(23)15(7-20)18-21-11(2)10-28-18/h6,10,15H,5,8-9H2,1-4H3/t15-/m0/s1. The van der Waals surface area contributed by atoms with Gasteiger partial charge in [0.2, 0.25) is 0 Å². The molecule has 1 atom stereocenters. The molecule has 148 valence electrons. The van der Waals surface area contributed by atoms with Gasteiger partial charge in [0.05, 0.1) is 18.2 Å². The summed E-state index contributed by atoms with van der Waals surface area (Å²) in [7, 11) is 0. The van der Waals surface area contributed by atoms with Crippen LogP contribution in [0.4, 0.5) is 0 Å². The number of carbonyl (C=O) groups excluding carboxylic acids is 3. The van der Waals surface area contributed by atoms with Gasteiger partial charge >= 0.3 is 11.9 Å². The maximum absolute atomic E-state index is 12.2. The third-order valence-electron chi connectivity index (χ3n) is 4.07. The van der Waals surface area contributed by atoms with Crippen molar-refractivity contribution in [1.82, 2.24) is 9.55 Å². The van der Waals surface area contributed by atoms with E-state index in [1.54, 1.807) is 43.7 Å². The number of thiazole rings is 1. The summed E-state index contributed by atoms with van der Waals surface area (Å²) in [4.78, 5) is 40.5. The molecule has 8 nitrogen and oxygen atoms in total. The third kappa shape index (κ3) is 4.84. The van der Waals surface area contributed by atoms with Crippen molar-refractivity contribution in [3.8, 4) is 6.07 Å². The number of aryl methyl sites for hydroxylation is 2. The zero-order valence-corrected chi connectivity index (χ0v) is 17.0. The molecule has 0 aliphatic rings. The highest BCUT2D eigenvalue weighted by molar-refractivity contribution is 7.09. The molecule has 0 amide bonds. The number of ether oxygens (including phenoxy) is 2. The summed E-state index contributed by atoms with van der Waals surface area (Å²) in [5, 5.41) is 11.4. The van der Waals surface area contributed by atoms with Gasteiger partial charge in [0.25, 0.3) is 0 Å². The second-order valence-electron chi connectivity index (χ2n) is 6.11. The minimum absolute atomic E-state index is 0.155. The van der Waals surface area contributed by atoms with E-state index < -0.39 is 30.2 Å². The molecule has 0 aliphatic carbocycles. The number of ketones is 1. The molecule has 0 radical (unpaired) electrons. The van der Waals surface area contributed by atoms with Crippen LogP contribution in [0.25, 0.3) is 0 Å². The van der Waals surface area contributed by atoms with Crippen molar-refractivity contribution in [3.63, 3.8) is 0 Å². The van der Waals surface area contributed by atoms with Crippen molar-refractivity contribution in [2.75, 3.05) is 13.2 Å². The fourth-order valence-electron chi connectivity index (χ4n) is 2.64. The number of rotatable bonds is 8. The van der Waals surface area contributed by atoms with E-state index in [-0.39, 0.29) is 13.2 Å². The molecule has 0 saturated carbocycles. The topological polar surface area (TPSA) is 111 Å². The van der Waals surface area contributed by atoms with Gasteiger partial charge in [0.15, 0.2) is 18.3 Å². The molecule has 2 heterocycles. The Morgan fingerprint density at radius 2 is 2.00 bits per heavy atom. The van der Waals surface area contributed by atoms with Gasteiger partial charge in [0.1, 0.15) is 11.6 Å². The Kier molecular flexibility index (Phi) is 7.06. The summed E-state index contributed by atoms with van der Waals surface area (Å²) in [5.74, 6) is -2.69. The number of esters is 2. The lowest BCUT2D eigenvalue weighted by Crippen LogP contribution is -2.23. The molecular weight excluding hydrogens is 382 g/mol. The van der Waals surface area contributed by atoms with E-state index in [9.17, 15) is 19.6 Å². The first-order valence-electron chi connectivity index (χ1n) is 8.62. The van der Waals surface area contributed by atoms with Crippen LogP contribution in [0.2, 0.25) is 0 Å². The lowest BCUT2D eigenvalue weighted by molar-refractivity contribution is -0.148. The van der Waals surface area contributed by atoms with E-state index in [1.165, 1.54) is 11.3 Å². The van der Waals surface area contributed by atoms with Crippen molar-refractivity contribution < 1.29 is 23.9 Å². The average Bonchev–Trinajstić information content (AvgIpc) is 3.19. The number of aromatic nitrogens is 2. The minimum atomic E-state index is -1.06. The van der Waals surface area contributed by atoms with Gasteiger partial charge in [-0.2, -0.15) is 5.26 Å². The van der Waals surface area contributed by atoms with Gasteiger partial charge in [0, 0.05) is 22.5 Å². The number of nitriles is 1. The summed E-state index contributed by atoms with van der Waals surface area (Å²) in [6.07, 6.45) is 0. The van der Waals surface area contributed by atoms with Crippen molar-refractivity contribution in [2.24, 2.45) is 0 Å². The maximum Gasteiger partial charge on any atom is 0.339 e. The van der Waals surface area contributed by atoms with Crippen LogP contribution in [0.5, 0.6) is 0 Å². The molecule has 0 aliphatic heterocycles. The SMILES string of the molecule is CCOC(=O)c1cc(C)n(CC(=O)OCC(=O)[C@H](C#N)c2nc(C)cs2)c1C. The maximum atomic E-state index is 12.2. The molecule has 0 spiro atoms. The molecule has 28 heavy (non-hydrogen) atoms. The highest BCUT2D eigenvalue weighted by atomic mass is 32.1. The number of Topliss-reactive ketones (excluding diaryl/α,β-unsaturated/α-hetero) is 1. The summed E-state index contributed by atoms with van der Waals surface area (Å²) in [6, 6.07) is 3.54. The lowest BCUT2D eigenvalue weighted by atomic mass is 10.1. The number of carbonyl (C=O) groups is 3. The average molecular weight is 403 g/mol. The molecule has 2 aromatic heterocycles. The Bertz CT molecular complexity index is 938. The Morgan fingerprint density at radius 3 is 2.57 bits per heavy atom. The van der Waals surface area contributed by atoms with E-state index >= 15 is 0 Å². The molecule has 2 aromatic rings. The van der Waals surface area contributed by atoms with Crippen LogP contribution in [0.1, 0.15) is 45.3 Å². The molecule has 0 N–H and O–H groups in total. The Balaban J connectivity index is 2.00. The molecule has 0 saturated heterocycles. The van der Waals surface area contributed by atoms with Gasteiger partial charge < -0.3 is 14.0 Å². The van der Waals surface area contributed by atoms with Crippen molar-refractivity contribution in [3.05, 3.63) is 39.1 Å². The predicted molar refractivity (Wildman–Crippen MR) is 101 cm³/mol. The summed E-state index contributed by atoms with van der Waals surface area (Å²) >= 11 is 1.22. The van der Waals surface area contributed by atoms with Crippen LogP contribution in [-0.2, 0) is 25.6 Å². The highest BCUT2D eigenvalue weighted by Crippen LogP contribution is 2.21. The van der Waals surface area contributed by atoms with Crippen molar-refractivity contribution in [1.29, 1.82) is 5.26 Å². The van der Waals surface area contributed by atoms with Crippen LogP contribution < -0.4 is 0 Å². The fraction of sp³-hybridized carbons (Fsp3) is 0.421. The number of hydrogen-bond donors (Lipinski definition) is 0. The van der Waals surface area contributed by atoms with Crippen molar-refractivity contribution >= 4 is 29.1 Å². The van der Waals surface area contributed by atoms with Crippen molar-refractivity contribution in [2.45, 2.75) is 40.2 Å². The zero-order valence-electron chi connectivity index (χ0n) is 16.1. The first-order valence-corrected chi connectivity index (χ1v) is 9.50. The smallest absolute Gasteiger partial charge is 0.339 e. The molecule has 2 rings (SSSR count). The van der Waals surface area contributed by atoms with E-state index in [1.807, 2.05) is 6.07 Å². The molecule has 0 fully saturated rings. The van der Waals surface area contributed by atoms with Crippen LogP contribution in [0, 0.1) is 32.1 Å². The monoisotopic (exact) mass is 403 g/mol. The quantitative estimate of drug-likeness (QED) is 0.622. The molecule has 0 bridgehead atoms. The van der Waals surface area contributed by atoms with Gasteiger partial charge in [-0.3, -0.25) is 9.59 Å². The van der Waals surface area contributed by atoms with Crippen LogP contribution in [0.3, 0.4) is 0 Å². The van der Waals surface area contributed by atoms with Gasteiger partial charge in [-0.1, -0.05) is 0 Å². The van der Waals surface area contributed by atoms with Crippen LogP contribution in [0.15, 0.2) is 11.4 Å². The summed E-state index contributed by atoms with van der Waals surface area (Å²) in [5.41, 5.74) is 2.37. The second-order valence-corrected chi connectivity index (χ2v) is 7.00. The minimum Gasteiger partial charge on any atom is -0.462 e. The Hall–Kier alpha value is -2.99.